The predicted octanol–water partition coefficient (Wildman–Crippen LogP) is 6.99. The highest BCUT2D eigenvalue weighted by Crippen LogP contribution is 2.39. The zero-order valence-electron chi connectivity index (χ0n) is 23.8. The highest BCUT2D eigenvalue weighted by Gasteiger charge is 2.28. The minimum Gasteiger partial charge on any atom is -0.365 e. The topological polar surface area (TPSA) is 111 Å². The second-order valence-electron chi connectivity index (χ2n) is 11.1. The highest BCUT2D eigenvalue weighted by atomic mass is 19.1. The summed E-state index contributed by atoms with van der Waals surface area (Å²) < 4.78 is 47.1. The van der Waals surface area contributed by atoms with E-state index in [1.54, 1.807) is 61.1 Å². The Bertz CT molecular complexity index is 2120. The van der Waals surface area contributed by atoms with Crippen molar-refractivity contribution in [3.63, 3.8) is 0 Å². The second-order valence-corrected chi connectivity index (χ2v) is 11.1. The number of pyridine rings is 2. The number of amides is 1. The first kappa shape index (κ1) is 28.2. The third-order valence-corrected chi connectivity index (χ3v) is 8.28. The van der Waals surface area contributed by atoms with Crippen LogP contribution < -0.4 is 10.6 Å². The average molecular weight is 606 g/mol. The number of halogens is 3. The number of carbonyl (C=O) groups is 1. The fraction of sp³-hybridized carbons (Fsp3) is 0.176. The molecule has 4 aromatic heterocycles. The van der Waals surface area contributed by atoms with Crippen LogP contribution in [0.2, 0.25) is 0 Å². The third kappa shape index (κ3) is 5.25. The van der Waals surface area contributed by atoms with Crippen LogP contribution in [0.3, 0.4) is 0 Å². The van der Waals surface area contributed by atoms with Crippen molar-refractivity contribution in [3.05, 3.63) is 108 Å². The van der Waals surface area contributed by atoms with Crippen LogP contribution in [0, 0.1) is 28.8 Å². The minimum absolute atomic E-state index is 0.0341. The Hall–Kier alpha value is -5.63. The summed E-state index contributed by atoms with van der Waals surface area (Å²) in [6.45, 7) is 0. The van der Waals surface area contributed by atoms with Crippen LogP contribution in [0.5, 0.6) is 0 Å². The van der Waals surface area contributed by atoms with Crippen molar-refractivity contribution >= 4 is 28.3 Å². The quantitative estimate of drug-likeness (QED) is 0.190. The summed E-state index contributed by atoms with van der Waals surface area (Å²) in [6.07, 6.45) is 9.43. The maximum atomic E-state index is 16.4. The first-order valence-electron chi connectivity index (χ1n) is 14.5. The molecule has 3 N–H and O–H groups in total. The summed E-state index contributed by atoms with van der Waals surface area (Å²) in [4.78, 5) is 24.7. The average Bonchev–Trinajstić information content (AvgIpc) is 3.69. The fourth-order valence-corrected chi connectivity index (χ4v) is 6.15. The smallest absolute Gasteiger partial charge is 0.251 e. The number of imidazole rings is 1. The SMILES string of the molecule is N#Cc1c(-c2c[nH]c3c(F)cc(F)cc23)nc(N[C@H]2CCC[C@@H](NC(=O)c3ccn4ccnc4c3)C2)c(F)c1-c1ccccc1. The van der Waals surface area contributed by atoms with Gasteiger partial charge in [-0.3, -0.25) is 4.79 Å². The Kier molecular flexibility index (Phi) is 7.17. The number of nitrogens with zero attached hydrogens (tertiary/aromatic N) is 4. The van der Waals surface area contributed by atoms with Crippen molar-refractivity contribution in [3.8, 4) is 28.5 Å². The molecule has 1 aliphatic carbocycles. The summed E-state index contributed by atoms with van der Waals surface area (Å²) in [5, 5.41) is 16.8. The van der Waals surface area contributed by atoms with Crippen LogP contribution in [0.1, 0.15) is 41.6 Å². The lowest BCUT2D eigenvalue weighted by Gasteiger charge is -2.31. The molecule has 0 spiro atoms. The molecule has 4 heterocycles. The van der Waals surface area contributed by atoms with Crippen molar-refractivity contribution in [2.45, 2.75) is 37.8 Å². The van der Waals surface area contributed by atoms with E-state index < -0.39 is 17.5 Å². The van der Waals surface area contributed by atoms with E-state index >= 15 is 4.39 Å². The highest BCUT2D eigenvalue weighted by molar-refractivity contribution is 5.98. The Morgan fingerprint density at radius 2 is 1.87 bits per heavy atom. The van der Waals surface area contributed by atoms with Crippen LogP contribution in [0.15, 0.2) is 79.4 Å². The van der Waals surface area contributed by atoms with Crippen LogP contribution in [0.4, 0.5) is 19.0 Å². The van der Waals surface area contributed by atoms with Gasteiger partial charge in [0.1, 0.15) is 23.4 Å². The Balaban J connectivity index is 1.23. The lowest BCUT2D eigenvalue weighted by Crippen LogP contribution is -2.42. The number of H-pyrrole nitrogens is 1. The molecule has 0 radical (unpaired) electrons. The number of hydrogen-bond acceptors (Lipinski definition) is 5. The Morgan fingerprint density at radius 1 is 1.04 bits per heavy atom. The first-order chi connectivity index (χ1) is 21.9. The van der Waals surface area contributed by atoms with Crippen molar-refractivity contribution in [1.82, 2.24) is 24.7 Å². The number of rotatable bonds is 6. The molecule has 0 aliphatic heterocycles. The van der Waals surface area contributed by atoms with Gasteiger partial charge in [-0.15, -0.1) is 0 Å². The van der Waals surface area contributed by atoms with Crippen molar-refractivity contribution in [2.24, 2.45) is 0 Å². The zero-order chi connectivity index (χ0) is 31.1. The molecule has 6 aromatic rings. The Morgan fingerprint density at radius 3 is 2.69 bits per heavy atom. The van der Waals surface area contributed by atoms with E-state index in [4.69, 9.17) is 0 Å². The van der Waals surface area contributed by atoms with Gasteiger partial charge in [-0.1, -0.05) is 30.3 Å². The first-order valence-corrected chi connectivity index (χ1v) is 14.5. The van der Waals surface area contributed by atoms with E-state index in [0.717, 1.165) is 25.0 Å². The molecule has 0 bridgehead atoms. The van der Waals surface area contributed by atoms with Gasteiger partial charge in [0.05, 0.1) is 16.8 Å². The second kappa shape index (κ2) is 11.5. The lowest BCUT2D eigenvalue weighted by molar-refractivity contribution is 0.0926. The van der Waals surface area contributed by atoms with E-state index in [9.17, 15) is 18.8 Å². The number of nitrogens with one attached hydrogen (secondary N) is 3. The zero-order valence-corrected chi connectivity index (χ0v) is 23.8. The summed E-state index contributed by atoms with van der Waals surface area (Å²) in [6, 6.07) is 15.7. The van der Waals surface area contributed by atoms with Crippen LogP contribution in [-0.2, 0) is 0 Å². The molecule has 1 amide bonds. The molecular weight excluding hydrogens is 579 g/mol. The fourth-order valence-electron chi connectivity index (χ4n) is 6.15. The number of nitriles is 1. The number of fused-ring (bicyclic) bond motifs is 2. The van der Waals surface area contributed by atoms with Crippen molar-refractivity contribution in [2.75, 3.05) is 5.32 Å². The molecule has 0 unspecified atom stereocenters. The van der Waals surface area contributed by atoms with E-state index in [1.807, 2.05) is 4.40 Å². The minimum atomic E-state index is -0.793. The Labute approximate surface area is 255 Å². The van der Waals surface area contributed by atoms with Crippen LogP contribution in [0.25, 0.3) is 38.9 Å². The molecule has 1 saturated carbocycles. The molecule has 1 fully saturated rings. The maximum absolute atomic E-state index is 16.4. The molecule has 2 atom stereocenters. The van der Waals surface area contributed by atoms with Gasteiger partial charge < -0.3 is 20.0 Å². The molecule has 8 nitrogen and oxygen atoms in total. The molecule has 224 valence electrons. The van der Waals surface area contributed by atoms with Gasteiger partial charge in [0, 0.05) is 65.0 Å². The van der Waals surface area contributed by atoms with Crippen molar-refractivity contribution in [1.29, 1.82) is 5.26 Å². The van der Waals surface area contributed by atoms with Gasteiger partial charge in [-0.05, 0) is 49.4 Å². The molecule has 0 saturated heterocycles. The summed E-state index contributed by atoms with van der Waals surface area (Å²) in [5.74, 6) is -2.60. The number of benzene rings is 2. The number of aromatic amines is 1. The normalized spacial score (nSPS) is 16.5. The summed E-state index contributed by atoms with van der Waals surface area (Å²) in [7, 11) is 0. The van der Waals surface area contributed by atoms with Gasteiger partial charge in [-0.2, -0.15) is 5.26 Å². The monoisotopic (exact) mass is 605 g/mol. The molecule has 7 rings (SSSR count). The molecule has 45 heavy (non-hydrogen) atoms. The van der Waals surface area contributed by atoms with Crippen LogP contribution >= 0.6 is 0 Å². The van der Waals surface area contributed by atoms with E-state index in [2.05, 4.69) is 31.7 Å². The molecule has 11 heteroatoms. The molecular formula is C34H26F3N7O. The van der Waals surface area contributed by atoms with Gasteiger partial charge in [-0.25, -0.2) is 23.1 Å². The molecule has 1 aliphatic rings. The number of aromatic nitrogens is 4. The lowest BCUT2D eigenvalue weighted by atomic mass is 9.90. The maximum Gasteiger partial charge on any atom is 0.251 e. The molecule has 2 aromatic carbocycles. The number of carbonyl (C=O) groups excluding carboxylic acids is 1. The van der Waals surface area contributed by atoms with Gasteiger partial charge in [0.15, 0.2) is 11.6 Å². The third-order valence-electron chi connectivity index (χ3n) is 8.28. The summed E-state index contributed by atoms with van der Waals surface area (Å²) >= 11 is 0. The number of hydrogen-bond donors (Lipinski definition) is 3. The largest absolute Gasteiger partial charge is 0.365 e. The van der Waals surface area contributed by atoms with Crippen LogP contribution in [-0.4, -0.2) is 37.3 Å². The van der Waals surface area contributed by atoms with E-state index in [-0.39, 0.29) is 57.1 Å². The standard InChI is InChI=1S/C34H26F3N7O/c35-21-14-24-26(18-40-32(24)27(36)15-21)31-25(17-38)29(19-5-2-1-3-6-19)30(37)33(43-31)41-22-7-4-8-23(16-22)42-34(45)20-9-11-44-12-10-39-28(44)13-20/h1-3,5-6,9-15,18,22-23,40H,4,7-8,16H2,(H,41,43)(H,42,45)/t22-,23+/m0/s1. The van der Waals surface area contributed by atoms with Gasteiger partial charge in [0.25, 0.3) is 5.91 Å². The summed E-state index contributed by atoms with van der Waals surface area (Å²) in [5.41, 5.74) is 2.00. The van der Waals surface area contributed by atoms with Gasteiger partial charge in [0.2, 0.25) is 0 Å². The van der Waals surface area contributed by atoms with Crippen molar-refractivity contribution < 1.29 is 18.0 Å². The van der Waals surface area contributed by atoms with E-state index in [1.165, 1.54) is 6.20 Å². The predicted molar refractivity (Wildman–Crippen MR) is 164 cm³/mol. The van der Waals surface area contributed by atoms with Gasteiger partial charge >= 0.3 is 0 Å². The number of anilines is 1. The van der Waals surface area contributed by atoms with E-state index in [0.29, 0.717) is 29.6 Å².